The van der Waals surface area contributed by atoms with Crippen molar-refractivity contribution in [3.63, 3.8) is 0 Å². The van der Waals surface area contributed by atoms with Gasteiger partial charge in [-0.25, -0.2) is 46.4 Å². The van der Waals surface area contributed by atoms with E-state index in [1.807, 2.05) is 62.4 Å². The summed E-state index contributed by atoms with van der Waals surface area (Å²) in [6, 6.07) is 15.2. The Kier molecular flexibility index (Phi) is 19.0. The number of urea groups is 2. The molecule has 20 nitrogen and oxygen atoms in total. The fourth-order valence-electron chi connectivity index (χ4n) is 8.18. The lowest BCUT2D eigenvalue weighted by Gasteiger charge is -2.37. The number of hydrogen-bond donors (Lipinski definition) is 5. The van der Waals surface area contributed by atoms with Crippen molar-refractivity contribution >= 4 is 54.7 Å². The maximum absolute atomic E-state index is 11.8. The fourth-order valence-corrected chi connectivity index (χ4v) is 8.77. The molecule has 380 valence electrons. The number of sulfone groups is 2. The number of carbonyl (C=O) groups excluding carboxylic acids is 2. The predicted octanol–water partition coefficient (Wildman–Crippen LogP) is 4.24. The van der Waals surface area contributed by atoms with Crippen LogP contribution in [-0.2, 0) is 55.1 Å². The maximum atomic E-state index is 11.8. The van der Waals surface area contributed by atoms with E-state index in [1.54, 1.807) is 0 Å². The zero-order valence-electron chi connectivity index (χ0n) is 41.1. The number of nitrogens with zero attached hydrogens (tertiary/aromatic N) is 7. The van der Waals surface area contributed by atoms with Crippen molar-refractivity contribution in [2.75, 3.05) is 111 Å². The predicted molar refractivity (Wildman–Crippen MR) is 275 cm³/mol. The minimum Gasteiger partial charge on any atom is -0.377 e. The molecule has 0 radical (unpaired) electrons. The largest absolute Gasteiger partial charge is 0.377 e. The Balaban J connectivity index is 0.000000208. The number of nitrogens with one attached hydrogen (secondary N) is 5. The lowest BCUT2D eigenvalue weighted by atomic mass is 10.0. The van der Waals surface area contributed by atoms with Gasteiger partial charge < -0.3 is 45.9 Å². The molecule has 0 aliphatic carbocycles. The Morgan fingerprint density at radius 1 is 0.729 bits per heavy atom. The van der Waals surface area contributed by atoms with Crippen molar-refractivity contribution < 1.29 is 35.9 Å². The quantitative estimate of drug-likeness (QED) is 0.133. The first-order valence-electron chi connectivity index (χ1n) is 23.7. The summed E-state index contributed by atoms with van der Waals surface area (Å²) in [6.07, 6.45) is 4.08. The normalized spacial score (nSPS) is 18.1. The summed E-state index contributed by atoms with van der Waals surface area (Å²) in [5.74, 6) is 3.44. The van der Waals surface area contributed by atoms with Gasteiger partial charge in [0.25, 0.3) is 0 Å². The van der Waals surface area contributed by atoms with E-state index >= 15 is 0 Å². The number of aromatic nitrogens is 4. The molecule has 4 aliphatic heterocycles. The van der Waals surface area contributed by atoms with Crippen LogP contribution >= 0.6 is 0 Å². The van der Waals surface area contributed by atoms with E-state index in [4.69, 9.17) is 29.4 Å². The van der Waals surface area contributed by atoms with Crippen LogP contribution < -0.4 is 36.4 Å². The molecule has 8 rings (SSSR count). The fraction of sp³-hybridized carbons (Fsp3) is 0.500. The molecule has 2 saturated heterocycles. The van der Waals surface area contributed by atoms with E-state index in [2.05, 4.69) is 61.7 Å². The molecule has 2 aromatic heterocycles. The summed E-state index contributed by atoms with van der Waals surface area (Å²) in [6.45, 7) is 20.1. The number of fused-ring (bicyclic) bond motifs is 2. The molecule has 0 spiro atoms. The molecule has 5 N–H and O–H groups in total. The highest BCUT2D eigenvalue weighted by atomic mass is 32.2. The molecule has 70 heavy (non-hydrogen) atoms. The number of benzene rings is 2. The number of rotatable bonds is 12. The van der Waals surface area contributed by atoms with E-state index in [-0.39, 0.29) is 29.9 Å². The van der Waals surface area contributed by atoms with Crippen molar-refractivity contribution in [3.8, 4) is 22.8 Å². The first-order chi connectivity index (χ1) is 33.4. The van der Waals surface area contributed by atoms with E-state index in [0.29, 0.717) is 63.3 Å². The lowest BCUT2D eigenvalue weighted by molar-refractivity contribution is 0.0983. The average Bonchev–Trinajstić information content (AvgIpc) is 3.33. The average molecular weight is 1010 g/mol. The number of anilines is 4. The Labute approximate surface area is 412 Å². The van der Waals surface area contributed by atoms with Crippen LogP contribution in [0, 0.1) is 0 Å². The van der Waals surface area contributed by atoms with E-state index in [0.717, 1.165) is 109 Å². The minimum absolute atomic E-state index is 0.133. The number of carbonyl (C=O) groups is 2. The summed E-state index contributed by atoms with van der Waals surface area (Å²) in [5, 5.41) is 15.4. The van der Waals surface area contributed by atoms with Crippen LogP contribution in [0.1, 0.15) is 50.2 Å². The topological polar surface area (TPSA) is 242 Å². The van der Waals surface area contributed by atoms with Crippen molar-refractivity contribution in [1.29, 1.82) is 0 Å². The van der Waals surface area contributed by atoms with Crippen LogP contribution in [0.5, 0.6) is 0 Å². The Hall–Kier alpha value is -5.78. The molecule has 22 heteroatoms. The third kappa shape index (κ3) is 15.4. The standard InChI is InChI=1S/C24H34N6O4S.C21H28N6O2.C3H6O2S/c1-4-25-24(31)26-19-7-5-18(6-8-19)22-27-21-15-29(12-14-35(3,32)33)10-9-20(21)23(28-22)30-11-13-34-16-17(30)2;1-3-23-21(28)24-16-6-4-15(5-7-16)19-25-18-12-22-9-8-17(18)20(26-19)27-10-11-29-13-14(27)2;1-3-6(2,4)5/h5-8,17H,4,9-16H2,1-3H3,(H2,25,26,31);4-7,14,22H,3,8-13H2,1-2H3,(H2,23,24,28);3H,1H2,2H3/t17-;14-;/m00./s1. The summed E-state index contributed by atoms with van der Waals surface area (Å²) >= 11 is 0. The van der Waals surface area contributed by atoms with Gasteiger partial charge in [0, 0.05) is 104 Å². The zero-order valence-corrected chi connectivity index (χ0v) is 42.7. The van der Waals surface area contributed by atoms with Gasteiger partial charge >= 0.3 is 12.1 Å². The molecule has 4 aliphatic rings. The first kappa shape index (κ1) is 53.6. The second-order valence-corrected chi connectivity index (χ2v) is 21.8. The van der Waals surface area contributed by atoms with Crippen LogP contribution in [-0.4, -0.2) is 156 Å². The molecule has 2 atom stereocenters. The van der Waals surface area contributed by atoms with Crippen molar-refractivity contribution in [1.82, 2.24) is 40.8 Å². The number of ether oxygens (including phenoxy) is 2. The first-order valence-corrected chi connectivity index (χ1v) is 27.7. The molecule has 0 bridgehead atoms. The molecule has 0 unspecified atom stereocenters. The van der Waals surface area contributed by atoms with Crippen molar-refractivity contribution in [3.05, 3.63) is 83.0 Å². The number of amides is 4. The highest BCUT2D eigenvalue weighted by molar-refractivity contribution is 7.93. The molecule has 4 amide bonds. The van der Waals surface area contributed by atoms with E-state index < -0.39 is 19.7 Å². The van der Waals surface area contributed by atoms with Crippen molar-refractivity contribution in [2.45, 2.75) is 65.7 Å². The third-order valence-corrected chi connectivity index (χ3v) is 13.4. The van der Waals surface area contributed by atoms with Crippen LogP contribution in [0.25, 0.3) is 22.8 Å². The van der Waals surface area contributed by atoms with Gasteiger partial charge in [0.05, 0.1) is 55.7 Å². The Morgan fingerprint density at radius 3 is 1.64 bits per heavy atom. The summed E-state index contributed by atoms with van der Waals surface area (Å²) in [5.41, 5.74) is 7.59. The summed E-state index contributed by atoms with van der Waals surface area (Å²) < 4.78 is 54.4. The van der Waals surface area contributed by atoms with Crippen LogP contribution in [0.4, 0.5) is 32.6 Å². The van der Waals surface area contributed by atoms with Gasteiger partial charge in [-0.15, -0.1) is 0 Å². The minimum atomic E-state index is -3.03. The smallest absolute Gasteiger partial charge is 0.319 e. The second kappa shape index (κ2) is 24.9. The molecule has 2 fully saturated rings. The van der Waals surface area contributed by atoms with Crippen LogP contribution in [0.15, 0.2) is 60.5 Å². The van der Waals surface area contributed by atoms with Gasteiger partial charge in [0.15, 0.2) is 21.5 Å². The monoisotopic (exact) mass is 1000 g/mol. The second-order valence-electron chi connectivity index (χ2n) is 17.5. The number of hydrogen-bond acceptors (Lipinski definition) is 16. The molecule has 4 aromatic rings. The third-order valence-electron chi connectivity index (χ3n) is 11.9. The van der Waals surface area contributed by atoms with Gasteiger partial charge in [-0.05, 0) is 95.6 Å². The van der Waals surface area contributed by atoms with E-state index in [9.17, 15) is 26.4 Å². The Bertz CT molecular complexity index is 2650. The number of morpholine rings is 2. The summed E-state index contributed by atoms with van der Waals surface area (Å²) in [7, 11) is -5.93. The van der Waals surface area contributed by atoms with Gasteiger partial charge in [-0.3, -0.25) is 4.90 Å². The maximum Gasteiger partial charge on any atom is 0.319 e. The SMILES string of the molecule is C=CS(C)(=O)=O.CCNC(=O)Nc1ccc(-c2nc3c(c(N4CCOC[C@@H]4C)n2)CCN(CCS(C)(=O)=O)C3)cc1.CCNC(=O)Nc1ccc(-c2nc3c(c(N4CCOC[C@@H]4C)n2)CCNC3)cc1. The zero-order chi connectivity index (χ0) is 50.4. The molecular weight excluding hydrogens is 937 g/mol. The molecule has 6 heterocycles. The molecular formula is C48H68N12O8S2. The molecule has 2 aromatic carbocycles. The highest BCUT2D eigenvalue weighted by Gasteiger charge is 2.30. The van der Waals surface area contributed by atoms with E-state index in [1.165, 1.54) is 11.8 Å². The van der Waals surface area contributed by atoms with Gasteiger partial charge in [-0.1, -0.05) is 6.58 Å². The highest BCUT2D eigenvalue weighted by Crippen LogP contribution is 2.33. The Morgan fingerprint density at radius 2 is 1.20 bits per heavy atom. The van der Waals surface area contributed by atoms with Crippen molar-refractivity contribution in [2.24, 2.45) is 0 Å². The van der Waals surface area contributed by atoms with Crippen LogP contribution in [0.3, 0.4) is 0 Å². The van der Waals surface area contributed by atoms with Gasteiger partial charge in [0.2, 0.25) is 0 Å². The van der Waals surface area contributed by atoms with Crippen LogP contribution in [0.2, 0.25) is 0 Å². The molecule has 0 saturated carbocycles. The lowest BCUT2D eigenvalue weighted by Crippen LogP contribution is -2.45. The summed E-state index contributed by atoms with van der Waals surface area (Å²) in [4.78, 5) is 50.1. The van der Waals surface area contributed by atoms with Gasteiger partial charge in [-0.2, -0.15) is 0 Å². The van der Waals surface area contributed by atoms with Gasteiger partial charge in [0.1, 0.15) is 21.5 Å².